The van der Waals surface area contributed by atoms with Crippen molar-refractivity contribution in [2.45, 2.75) is 26.9 Å². The second kappa shape index (κ2) is 7.28. The zero-order valence-electron chi connectivity index (χ0n) is 11.5. The third kappa shape index (κ3) is 5.51. The van der Waals surface area contributed by atoms with Gasteiger partial charge in [0.15, 0.2) is 0 Å². The molecule has 2 N–H and O–H groups in total. The summed E-state index contributed by atoms with van der Waals surface area (Å²) < 4.78 is 0. The summed E-state index contributed by atoms with van der Waals surface area (Å²) in [7, 11) is 0. The van der Waals surface area contributed by atoms with Gasteiger partial charge in [-0.05, 0) is 11.1 Å². The van der Waals surface area contributed by atoms with E-state index in [-0.39, 0.29) is 24.9 Å². The van der Waals surface area contributed by atoms with E-state index in [1.807, 2.05) is 24.3 Å². The van der Waals surface area contributed by atoms with Crippen molar-refractivity contribution < 1.29 is 19.5 Å². The molecule has 0 saturated carbocycles. The number of carbonyl (C=O) groups excluding carboxylic acids is 2. The quantitative estimate of drug-likeness (QED) is 0.804. The van der Waals surface area contributed by atoms with E-state index in [1.165, 1.54) is 18.7 Å². The molecule has 0 aliphatic carbocycles. The van der Waals surface area contributed by atoms with E-state index in [0.717, 1.165) is 11.1 Å². The molecular weight excluding hydrogens is 260 g/mol. The fourth-order valence-corrected chi connectivity index (χ4v) is 1.73. The number of nitrogens with one attached hydrogen (secondary N) is 1. The highest BCUT2D eigenvalue weighted by Crippen LogP contribution is 2.09. The number of carbonyl (C=O) groups is 3. The second-order valence-corrected chi connectivity index (χ2v) is 4.50. The van der Waals surface area contributed by atoms with E-state index in [1.54, 1.807) is 0 Å². The summed E-state index contributed by atoms with van der Waals surface area (Å²) >= 11 is 0. The van der Waals surface area contributed by atoms with Crippen LogP contribution < -0.4 is 5.32 Å². The Morgan fingerprint density at radius 1 is 1.20 bits per heavy atom. The van der Waals surface area contributed by atoms with Gasteiger partial charge in [0.2, 0.25) is 11.8 Å². The van der Waals surface area contributed by atoms with Crippen LogP contribution in [-0.2, 0) is 27.5 Å². The topological polar surface area (TPSA) is 86.7 Å². The second-order valence-electron chi connectivity index (χ2n) is 4.50. The highest BCUT2D eigenvalue weighted by Gasteiger charge is 2.13. The van der Waals surface area contributed by atoms with Crippen LogP contribution in [-0.4, -0.2) is 34.3 Å². The summed E-state index contributed by atoms with van der Waals surface area (Å²) in [5.41, 5.74) is 1.72. The Morgan fingerprint density at radius 2 is 1.85 bits per heavy atom. The van der Waals surface area contributed by atoms with Gasteiger partial charge in [-0.25, -0.2) is 0 Å². The molecule has 0 aromatic heterocycles. The lowest BCUT2D eigenvalue weighted by Gasteiger charge is -2.19. The molecular formula is C14H18N2O4. The minimum atomic E-state index is -1.05. The summed E-state index contributed by atoms with van der Waals surface area (Å²) in [6, 6.07) is 7.32. The van der Waals surface area contributed by atoms with Gasteiger partial charge in [0.1, 0.15) is 6.54 Å². The van der Waals surface area contributed by atoms with E-state index >= 15 is 0 Å². The monoisotopic (exact) mass is 278 g/mol. The summed E-state index contributed by atoms with van der Waals surface area (Å²) in [6.45, 7) is 3.08. The Balaban J connectivity index is 2.74. The number of hydrogen-bond acceptors (Lipinski definition) is 3. The molecule has 2 amide bonds. The van der Waals surface area contributed by atoms with Gasteiger partial charge in [0.05, 0.1) is 0 Å². The fraction of sp³-hybridized carbons (Fsp3) is 0.357. The largest absolute Gasteiger partial charge is 0.480 e. The van der Waals surface area contributed by atoms with Gasteiger partial charge in [0, 0.05) is 26.9 Å². The average Bonchev–Trinajstić information content (AvgIpc) is 2.35. The zero-order valence-corrected chi connectivity index (χ0v) is 11.5. The van der Waals surface area contributed by atoms with Crippen molar-refractivity contribution in [2.24, 2.45) is 0 Å². The van der Waals surface area contributed by atoms with Crippen molar-refractivity contribution in [3.05, 3.63) is 35.4 Å². The molecule has 0 heterocycles. The number of carboxylic acid groups (broad SMARTS) is 1. The molecule has 0 radical (unpaired) electrons. The highest BCUT2D eigenvalue weighted by molar-refractivity contribution is 5.79. The molecule has 0 atom stereocenters. The fourth-order valence-electron chi connectivity index (χ4n) is 1.73. The highest BCUT2D eigenvalue weighted by atomic mass is 16.4. The van der Waals surface area contributed by atoms with Crippen molar-refractivity contribution in [1.82, 2.24) is 10.2 Å². The van der Waals surface area contributed by atoms with Crippen molar-refractivity contribution >= 4 is 17.8 Å². The Labute approximate surface area is 117 Å². The van der Waals surface area contributed by atoms with Gasteiger partial charge < -0.3 is 15.3 Å². The maximum atomic E-state index is 11.4. The predicted molar refractivity (Wildman–Crippen MR) is 72.7 cm³/mol. The molecule has 0 bridgehead atoms. The molecule has 1 aromatic carbocycles. The third-order valence-electron chi connectivity index (χ3n) is 2.68. The van der Waals surface area contributed by atoms with Gasteiger partial charge >= 0.3 is 5.97 Å². The van der Waals surface area contributed by atoms with Crippen LogP contribution in [0.5, 0.6) is 0 Å². The number of nitrogens with zero attached hydrogens (tertiary/aromatic N) is 1. The van der Waals surface area contributed by atoms with Crippen LogP contribution in [0.2, 0.25) is 0 Å². The number of aliphatic carboxylic acids is 1. The van der Waals surface area contributed by atoms with Crippen LogP contribution in [0.15, 0.2) is 24.3 Å². The Bertz CT molecular complexity index is 514. The van der Waals surface area contributed by atoms with Gasteiger partial charge in [-0.1, -0.05) is 24.3 Å². The summed E-state index contributed by atoms with van der Waals surface area (Å²) in [5.74, 6) is -1.46. The number of rotatable bonds is 6. The lowest BCUT2D eigenvalue weighted by Crippen LogP contribution is -2.33. The number of hydrogen-bond donors (Lipinski definition) is 2. The van der Waals surface area contributed by atoms with Crippen LogP contribution in [0.25, 0.3) is 0 Å². The van der Waals surface area contributed by atoms with Gasteiger partial charge in [-0.2, -0.15) is 0 Å². The molecule has 1 aromatic rings. The SMILES string of the molecule is CC(=O)NCc1cccc(CN(CC(=O)O)C(C)=O)c1. The van der Waals surface area contributed by atoms with Crippen LogP contribution in [0, 0.1) is 0 Å². The molecule has 0 unspecified atom stereocenters. The first-order valence-corrected chi connectivity index (χ1v) is 6.18. The van der Waals surface area contributed by atoms with Crippen molar-refractivity contribution in [1.29, 1.82) is 0 Å². The molecule has 0 aliphatic rings. The molecule has 0 saturated heterocycles. The zero-order chi connectivity index (χ0) is 15.1. The minimum absolute atomic E-state index is 0.119. The molecule has 0 fully saturated rings. The standard InChI is InChI=1S/C14H18N2O4/c1-10(17)15-7-12-4-3-5-13(6-12)8-16(11(2)18)9-14(19)20/h3-6H,7-9H2,1-2H3,(H,15,17)(H,19,20). The van der Waals surface area contributed by atoms with Crippen molar-refractivity contribution in [3.8, 4) is 0 Å². The average molecular weight is 278 g/mol. The Kier molecular flexibility index (Phi) is 5.71. The van der Waals surface area contributed by atoms with Gasteiger partial charge in [-0.3, -0.25) is 14.4 Å². The molecule has 6 heteroatoms. The third-order valence-corrected chi connectivity index (χ3v) is 2.68. The van der Waals surface area contributed by atoms with E-state index < -0.39 is 5.97 Å². The van der Waals surface area contributed by atoms with Crippen LogP contribution in [0.4, 0.5) is 0 Å². The van der Waals surface area contributed by atoms with Crippen LogP contribution in [0.1, 0.15) is 25.0 Å². The summed E-state index contributed by atoms with van der Waals surface area (Å²) in [4.78, 5) is 34.2. The molecule has 20 heavy (non-hydrogen) atoms. The van der Waals surface area contributed by atoms with Gasteiger partial charge in [-0.15, -0.1) is 0 Å². The molecule has 6 nitrogen and oxygen atoms in total. The lowest BCUT2D eigenvalue weighted by molar-refractivity contribution is -0.144. The van der Waals surface area contributed by atoms with Crippen molar-refractivity contribution in [2.75, 3.05) is 6.54 Å². The smallest absolute Gasteiger partial charge is 0.323 e. The van der Waals surface area contributed by atoms with E-state index in [4.69, 9.17) is 5.11 Å². The van der Waals surface area contributed by atoms with E-state index in [2.05, 4.69) is 5.32 Å². The minimum Gasteiger partial charge on any atom is -0.480 e. The number of carboxylic acids is 1. The Hall–Kier alpha value is -2.37. The molecule has 0 spiro atoms. The van der Waals surface area contributed by atoms with Crippen LogP contribution >= 0.6 is 0 Å². The molecule has 108 valence electrons. The Morgan fingerprint density at radius 3 is 2.40 bits per heavy atom. The van der Waals surface area contributed by atoms with Crippen molar-refractivity contribution in [3.63, 3.8) is 0 Å². The first-order valence-electron chi connectivity index (χ1n) is 6.18. The summed E-state index contributed by atoms with van der Waals surface area (Å²) in [6.07, 6.45) is 0. The molecule has 0 aliphatic heterocycles. The first kappa shape index (κ1) is 15.7. The van der Waals surface area contributed by atoms with Crippen LogP contribution in [0.3, 0.4) is 0 Å². The maximum absolute atomic E-state index is 11.4. The predicted octanol–water partition coefficient (Wildman–Crippen LogP) is 0.756. The first-order chi connectivity index (χ1) is 9.38. The lowest BCUT2D eigenvalue weighted by atomic mass is 10.1. The number of amides is 2. The maximum Gasteiger partial charge on any atom is 0.323 e. The van der Waals surface area contributed by atoms with E-state index in [0.29, 0.717) is 6.54 Å². The van der Waals surface area contributed by atoms with E-state index in [9.17, 15) is 14.4 Å². The molecule has 1 rings (SSSR count). The number of benzene rings is 1. The normalized spacial score (nSPS) is 9.90. The summed E-state index contributed by atoms with van der Waals surface area (Å²) in [5, 5.41) is 11.5. The van der Waals surface area contributed by atoms with Gasteiger partial charge in [0.25, 0.3) is 0 Å².